The van der Waals surface area contributed by atoms with Gasteiger partial charge in [-0.15, -0.1) is 0 Å². The summed E-state index contributed by atoms with van der Waals surface area (Å²) in [6.45, 7) is 1.96. The van der Waals surface area contributed by atoms with Crippen molar-refractivity contribution in [3.63, 3.8) is 0 Å². The molecule has 4 aromatic rings. The second-order valence-electron chi connectivity index (χ2n) is 7.80. The summed E-state index contributed by atoms with van der Waals surface area (Å²) >= 11 is 18.3. The maximum atomic E-state index is 10.6. The van der Waals surface area contributed by atoms with E-state index in [-0.39, 0.29) is 11.8 Å². The van der Waals surface area contributed by atoms with Gasteiger partial charge in [0.2, 0.25) is 0 Å². The minimum absolute atomic E-state index is 0.0623. The van der Waals surface area contributed by atoms with Crippen LogP contribution >= 0.6 is 35.4 Å². The summed E-state index contributed by atoms with van der Waals surface area (Å²) < 4.78 is 6.33. The highest BCUT2D eigenvalue weighted by molar-refractivity contribution is 7.80. The van der Waals surface area contributed by atoms with Crippen molar-refractivity contribution in [2.45, 2.75) is 19.0 Å². The number of hydrogen-bond donors (Lipinski definition) is 2. The van der Waals surface area contributed by atoms with Crippen LogP contribution in [0.4, 0.5) is 5.69 Å². The molecule has 8 heteroatoms. The van der Waals surface area contributed by atoms with Crippen LogP contribution in [0.2, 0.25) is 10.0 Å². The van der Waals surface area contributed by atoms with Crippen LogP contribution < -0.4 is 10.2 Å². The Bertz CT molecular complexity index is 1340. The van der Waals surface area contributed by atoms with Gasteiger partial charge in [-0.25, -0.2) is 0 Å². The van der Waals surface area contributed by atoms with Crippen LogP contribution in [-0.4, -0.2) is 15.2 Å². The monoisotopic (exact) mass is 495 g/mol. The number of aromatic hydroxyl groups is 1. The van der Waals surface area contributed by atoms with Gasteiger partial charge in [0.05, 0.1) is 17.4 Å². The summed E-state index contributed by atoms with van der Waals surface area (Å²) in [6, 6.07) is 19.5. The lowest BCUT2D eigenvalue weighted by molar-refractivity contribution is 0.434. The molecule has 5 rings (SSSR count). The fourth-order valence-corrected chi connectivity index (χ4v) is 4.69. The average Bonchev–Trinajstić information content (AvgIpc) is 3.42. The molecule has 1 aliphatic heterocycles. The molecule has 0 saturated carbocycles. The van der Waals surface area contributed by atoms with Gasteiger partial charge in [-0.1, -0.05) is 41.4 Å². The quantitative estimate of drug-likeness (QED) is 0.302. The van der Waals surface area contributed by atoms with Crippen LogP contribution in [0.25, 0.3) is 11.3 Å². The summed E-state index contributed by atoms with van der Waals surface area (Å²) in [7, 11) is 0. The van der Waals surface area contributed by atoms with Gasteiger partial charge in [-0.05, 0) is 73.2 Å². The Morgan fingerprint density at radius 2 is 1.91 bits per heavy atom. The van der Waals surface area contributed by atoms with Gasteiger partial charge >= 0.3 is 0 Å². The van der Waals surface area contributed by atoms with Gasteiger partial charge in [0.1, 0.15) is 23.3 Å². The lowest BCUT2D eigenvalue weighted by Crippen LogP contribution is -2.29. The molecule has 5 nitrogen and oxygen atoms in total. The molecule has 0 aliphatic carbocycles. The molecule has 0 radical (unpaired) electrons. The van der Waals surface area contributed by atoms with Crippen molar-refractivity contribution in [2.75, 3.05) is 4.90 Å². The molecule has 2 atom stereocenters. The number of pyridine rings is 1. The van der Waals surface area contributed by atoms with E-state index in [4.69, 9.17) is 39.8 Å². The zero-order chi connectivity index (χ0) is 23.1. The van der Waals surface area contributed by atoms with Crippen molar-refractivity contribution < 1.29 is 9.52 Å². The molecule has 0 spiro atoms. The summed E-state index contributed by atoms with van der Waals surface area (Å²) in [4.78, 5) is 6.35. The summed E-state index contributed by atoms with van der Waals surface area (Å²) in [5.41, 5.74) is 3.15. The predicted octanol–water partition coefficient (Wildman–Crippen LogP) is 6.84. The second kappa shape index (κ2) is 8.71. The van der Waals surface area contributed by atoms with E-state index in [1.807, 2.05) is 60.4 Å². The number of aromatic nitrogens is 1. The van der Waals surface area contributed by atoms with Crippen molar-refractivity contribution in [3.8, 4) is 17.1 Å². The number of anilines is 1. The Morgan fingerprint density at radius 1 is 1.06 bits per heavy atom. The Labute approximate surface area is 206 Å². The highest BCUT2D eigenvalue weighted by Gasteiger charge is 2.43. The number of nitrogens with one attached hydrogen (secondary N) is 1. The van der Waals surface area contributed by atoms with Crippen LogP contribution in [-0.2, 0) is 0 Å². The molecule has 2 aromatic heterocycles. The standard InChI is InChI=1S/C25H19Cl2N3O2S/c1-14-5-6-15(12-17(14)27)21-9-10-22(32-21)24-23(18-4-2-3-11-28-18)29-25(33)30(24)19-13-16(26)7-8-20(19)31/h2-13,23-24,31H,1H3,(H,29,33)/t23-,24+/m1/s1. The fraction of sp³-hybridized carbons (Fsp3) is 0.120. The van der Waals surface area contributed by atoms with Crippen LogP contribution in [0.1, 0.15) is 29.1 Å². The number of phenolic OH excluding ortho intramolecular Hbond substituents is 1. The van der Waals surface area contributed by atoms with E-state index >= 15 is 0 Å². The normalized spacial score (nSPS) is 17.9. The topological polar surface area (TPSA) is 61.5 Å². The van der Waals surface area contributed by atoms with Gasteiger partial charge in [-0.3, -0.25) is 4.98 Å². The Kier molecular flexibility index (Phi) is 5.74. The van der Waals surface area contributed by atoms with E-state index in [0.29, 0.717) is 32.4 Å². The molecular weight excluding hydrogens is 477 g/mol. The molecule has 1 aliphatic rings. The van der Waals surface area contributed by atoms with E-state index in [1.54, 1.807) is 24.4 Å². The van der Waals surface area contributed by atoms with E-state index in [9.17, 15) is 5.11 Å². The molecule has 33 heavy (non-hydrogen) atoms. The third-order valence-corrected chi connectivity index (χ3v) is 6.63. The lowest BCUT2D eigenvalue weighted by atomic mass is 10.0. The number of halogens is 2. The van der Waals surface area contributed by atoms with Crippen LogP contribution in [0.15, 0.2) is 77.3 Å². The summed E-state index contributed by atoms with van der Waals surface area (Å²) in [5, 5.41) is 15.6. The van der Waals surface area contributed by atoms with E-state index in [0.717, 1.165) is 16.8 Å². The maximum absolute atomic E-state index is 10.6. The van der Waals surface area contributed by atoms with Gasteiger partial charge in [0, 0.05) is 21.8 Å². The second-order valence-corrected chi connectivity index (χ2v) is 9.03. The van der Waals surface area contributed by atoms with Crippen molar-refractivity contribution in [2.24, 2.45) is 0 Å². The number of aryl methyl sites for hydroxylation is 1. The highest BCUT2D eigenvalue weighted by atomic mass is 35.5. The molecule has 0 unspecified atom stereocenters. The average molecular weight is 496 g/mol. The molecule has 1 saturated heterocycles. The molecule has 3 heterocycles. The minimum atomic E-state index is -0.411. The summed E-state index contributed by atoms with van der Waals surface area (Å²) in [5.74, 6) is 1.40. The number of phenols is 1. The SMILES string of the molecule is Cc1ccc(-c2ccc([C@H]3[C@@H](c4ccccn4)NC(=S)N3c3cc(Cl)ccc3O)o2)cc1Cl. The van der Waals surface area contributed by atoms with Crippen molar-refractivity contribution >= 4 is 46.2 Å². The van der Waals surface area contributed by atoms with Crippen LogP contribution in [0.3, 0.4) is 0 Å². The molecule has 0 amide bonds. The largest absolute Gasteiger partial charge is 0.506 e. The third-order valence-electron chi connectivity index (χ3n) is 5.67. The number of thiocarbonyl (C=S) groups is 1. The highest BCUT2D eigenvalue weighted by Crippen LogP contribution is 2.46. The van der Waals surface area contributed by atoms with Gasteiger partial charge in [-0.2, -0.15) is 0 Å². The maximum Gasteiger partial charge on any atom is 0.174 e. The lowest BCUT2D eigenvalue weighted by Gasteiger charge is -2.26. The Morgan fingerprint density at radius 3 is 2.67 bits per heavy atom. The van der Waals surface area contributed by atoms with Crippen molar-refractivity contribution in [1.82, 2.24) is 10.3 Å². The van der Waals surface area contributed by atoms with E-state index in [2.05, 4.69) is 10.3 Å². The molecular formula is C25H19Cl2N3O2S. The van der Waals surface area contributed by atoms with E-state index < -0.39 is 6.04 Å². The first-order valence-electron chi connectivity index (χ1n) is 10.3. The molecule has 2 N–H and O–H groups in total. The number of hydrogen-bond acceptors (Lipinski definition) is 4. The minimum Gasteiger partial charge on any atom is -0.506 e. The van der Waals surface area contributed by atoms with Crippen molar-refractivity contribution in [1.29, 1.82) is 0 Å². The number of furan rings is 1. The first kappa shape index (κ1) is 21.8. The number of benzene rings is 2. The first-order chi connectivity index (χ1) is 15.9. The molecule has 0 bridgehead atoms. The van der Waals surface area contributed by atoms with Crippen LogP contribution in [0, 0.1) is 6.92 Å². The third kappa shape index (κ3) is 4.06. The van der Waals surface area contributed by atoms with E-state index in [1.165, 1.54) is 0 Å². The van der Waals surface area contributed by atoms with Gasteiger partial charge < -0.3 is 19.7 Å². The van der Waals surface area contributed by atoms with Gasteiger partial charge in [0.25, 0.3) is 0 Å². The predicted molar refractivity (Wildman–Crippen MR) is 135 cm³/mol. The zero-order valence-electron chi connectivity index (χ0n) is 17.5. The van der Waals surface area contributed by atoms with Crippen molar-refractivity contribution in [3.05, 3.63) is 100.0 Å². The molecule has 1 fully saturated rings. The Hall–Kier alpha value is -3.06. The summed E-state index contributed by atoms with van der Waals surface area (Å²) in [6.07, 6.45) is 1.73. The number of nitrogens with zero attached hydrogens (tertiary/aromatic N) is 2. The van der Waals surface area contributed by atoms with Crippen LogP contribution in [0.5, 0.6) is 5.75 Å². The van der Waals surface area contributed by atoms with Gasteiger partial charge in [0.15, 0.2) is 5.11 Å². The number of rotatable bonds is 4. The Balaban J connectivity index is 1.62. The first-order valence-corrected chi connectivity index (χ1v) is 11.4. The molecule has 166 valence electrons. The fourth-order valence-electron chi connectivity index (χ4n) is 4.01. The molecule has 2 aromatic carbocycles. The zero-order valence-corrected chi connectivity index (χ0v) is 19.8. The smallest absolute Gasteiger partial charge is 0.174 e.